The number of hydrogen-bond donors (Lipinski definition) is 0. The number of hydrogen-bond acceptors (Lipinski definition) is 8. The number of para-hydroxylation sites is 1. The van der Waals surface area contributed by atoms with Crippen LogP contribution in [0.25, 0.3) is 5.57 Å². The molecule has 0 amide bonds. The van der Waals surface area contributed by atoms with E-state index in [1.54, 1.807) is 43.3 Å². The van der Waals surface area contributed by atoms with Crippen molar-refractivity contribution in [2.75, 3.05) is 14.2 Å². The highest BCUT2D eigenvalue weighted by molar-refractivity contribution is 6.17. The highest BCUT2D eigenvalue weighted by atomic mass is 16.5. The summed E-state index contributed by atoms with van der Waals surface area (Å²) in [5.74, 6) is 0.300. The molecule has 0 saturated carbocycles. The number of aromatic nitrogens is 2. The van der Waals surface area contributed by atoms with Crippen molar-refractivity contribution >= 4 is 11.5 Å². The second-order valence-electron chi connectivity index (χ2n) is 5.75. The van der Waals surface area contributed by atoms with Crippen molar-refractivity contribution in [3.8, 4) is 23.6 Å². The molecule has 0 aliphatic heterocycles. The molecule has 0 spiro atoms. The highest BCUT2D eigenvalue weighted by Crippen LogP contribution is 2.31. The minimum absolute atomic E-state index is 0.148. The molecule has 158 valence electrons. The maximum absolute atomic E-state index is 12.1. The summed E-state index contributed by atoms with van der Waals surface area (Å²) >= 11 is 0. The monoisotopic (exact) mass is 419 g/mol. The molecule has 0 fully saturated rings. The molecule has 1 heterocycles. The highest BCUT2D eigenvalue weighted by Gasteiger charge is 2.18. The molecule has 0 aliphatic rings. The Labute approximate surface area is 180 Å². The van der Waals surface area contributed by atoms with Gasteiger partial charge in [-0.2, -0.15) is 5.26 Å². The summed E-state index contributed by atoms with van der Waals surface area (Å²) in [5.41, 5.74) is 0.910. The number of ether oxygens (including phenoxy) is 4. The predicted molar refractivity (Wildman–Crippen MR) is 114 cm³/mol. The van der Waals surface area contributed by atoms with Gasteiger partial charge in [0, 0.05) is 5.56 Å². The lowest BCUT2D eigenvalue weighted by molar-refractivity contribution is -0.133. The largest absolute Gasteiger partial charge is 0.503 e. The molecule has 8 nitrogen and oxygen atoms in total. The number of benzene rings is 1. The molecular weight excluding hydrogens is 398 g/mol. The first-order valence-corrected chi connectivity index (χ1v) is 9.05. The minimum Gasteiger partial charge on any atom is -0.503 e. The van der Waals surface area contributed by atoms with E-state index >= 15 is 0 Å². The van der Waals surface area contributed by atoms with Crippen molar-refractivity contribution in [3.63, 3.8) is 0 Å². The molecule has 8 heteroatoms. The number of carbonyl (C=O) groups excluding carboxylic acids is 1. The van der Waals surface area contributed by atoms with Crippen molar-refractivity contribution in [3.05, 3.63) is 84.6 Å². The standard InChI is InChI=1S/C23H21N3O5/c1-5-9-16(13-24)19(6-2)30-21-12-22(26-15-25-21)31-20-11-8-7-10-17(20)18(14-28-3)23(27)29-4/h5-12,14-15H,2H2,1,3-4H3/b9-5+,18-14-,19-16-. The van der Waals surface area contributed by atoms with E-state index in [1.807, 2.05) is 6.07 Å². The SMILES string of the molecule is C=C/C(Oc1cc(Oc2ccccc2/C(=C/OC)C(=O)OC)ncn1)=C(C#N)\C=C\C. The van der Waals surface area contributed by atoms with Gasteiger partial charge in [-0.3, -0.25) is 0 Å². The minimum atomic E-state index is -0.585. The van der Waals surface area contributed by atoms with Gasteiger partial charge < -0.3 is 18.9 Å². The number of esters is 1. The van der Waals surface area contributed by atoms with Crippen LogP contribution in [0.3, 0.4) is 0 Å². The lowest BCUT2D eigenvalue weighted by Gasteiger charge is -2.12. The molecule has 0 N–H and O–H groups in total. The average Bonchev–Trinajstić information content (AvgIpc) is 2.80. The lowest BCUT2D eigenvalue weighted by Crippen LogP contribution is -2.06. The number of rotatable bonds is 9. The van der Waals surface area contributed by atoms with Gasteiger partial charge in [-0.05, 0) is 25.1 Å². The Morgan fingerprint density at radius 1 is 1.19 bits per heavy atom. The summed E-state index contributed by atoms with van der Waals surface area (Å²) < 4.78 is 21.4. The lowest BCUT2D eigenvalue weighted by atomic mass is 10.1. The van der Waals surface area contributed by atoms with Gasteiger partial charge in [0.25, 0.3) is 0 Å². The van der Waals surface area contributed by atoms with Crippen molar-refractivity contribution in [2.45, 2.75) is 6.92 Å². The van der Waals surface area contributed by atoms with Crippen LogP contribution in [0.1, 0.15) is 12.5 Å². The van der Waals surface area contributed by atoms with Gasteiger partial charge >= 0.3 is 5.97 Å². The van der Waals surface area contributed by atoms with E-state index in [9.17, 15) is 10.1 Å². The van der Waals surface area contributed by atoms with Gasteiger partial charge in [-0.25, -0.2) is 14.8 Å². The molecule has 0 saturated heterocycles. The average molecular weight is 419 g/mol. The smallest absolute Gasteiger partial charge is 0.341 e. The zero-order valence-electron chi connectivity index (χ0n) is 17.4. The summed E-state index contributed by atoms with van der Waals surface area (Å²) in [7, 11) is 2.70. The van der Waals surface area contributed by atoms with Gasteiger partial charge in [0.2, 0.25) is 11.8 Å². The normalized spacial score (nSPS) is 11.9. The summed E-state index contributed by atoms with van der Waals surface area (Å²) in [4.78, 5) is 20.3. The van der Waals surface area contributed by atoms with Crippen molar-refractivity contribution in [1.82, 2.24) is 9.97 Å². The summed E-state index contributed by atoms with van der Waals surface area (Å²) in [6.45, 7) is 5.45. The quantitative estimate of drug-likeness (QED) is 0.194. The second-order valence-corrected chi connectivity index (χ2v) is 5.75. The fourth-order valence-electron chi connectivity index (χ4n) is 2.44. The van der Waals surface area contributed by atoms with E-state index < -0.39 is 5.97 Å². The Morgan fingerprint density at radius 3 is 2.58 bits per heavy atom. The number of nitriles is 1. The zero-order valence-corrected chi connectivity index (χ0v) is 17.4. The molecule has 2 aromatic rings. The van der Waals surface area contributed by atoms with Crippen LogP contribution in [0.2, 0.25) is 0 Å². The molecule has 2 rings (SSSR count). The maximum atomic E-state index is 12.1. The Hall–Kier alpha value is -4.38. The fourth-order valence-corrected chi connectivity index (χ4v) is 2.44. The molecule has 1 aromatic heterocycles. The Balaban J connectivity index is 2.39. The van der Waals surface area contributed by atoms with Crippen LogP contribution >= 0.6 is 0 Å². The molecule has 0 aliphatic carbocycles. The maximum Gasteiger partial charge on any atom is 0.341 e. The van der Waals surface area contributed by atoms with Crippen molar-refractivity contribution < 1.29 is 23.7 Å². The van der Waals surface area contributed by atoms with E-state index in [2.05, 4.69) is 16.5 Å². The Bertz CT molecular complexity index is 1080. The van der Waals surface area contributed by atoms with E-state index in [1.165, 1.54) is 39.0 Å². The molecule has 0 bridgehead atoms. The molecule has 0 atom stereocenters. The summed E-state index contributed by atoms with van der Waals surface area (Å²) in [6.07, 6.45) is 7.25. The third-order valence-electron chi connectivity index (χ3n) is 3.77. The van der Waals surface area contributed by atoms with Gasteiger partial charge in [-0.1, -0.05) is 30.9 Å². The van der Waals surface area contributed by atoms with E-state index in [-0.39, 0.29) is 28.7 Å². The number of allylic oxidation sites excluding steroid dienone is 4. The van der Waals surface area contributed by atoms with Gasteiger partial charge in [0.1, 0.15) is 29.5 Å². The fraction of sp³-hybridized carbons (Fsp3) is 0.130. The first-order chi connectivity index (χ1) is 15.1. The zero-order chi connectivity index (χ0) is 22.6. The number of methoxy groups -OCH3 is 2. The van der Waals surface area contributed by atoms with Crippen LogP contribution in [0.5, 0.6) is 17.5 Å². The first-order valence-electron chi connectivity index (χ1n) is 9.05. The van der Waals surface area contributed by atoms with Gasteiger partial charge in [0.15, 0.2) is 0 Å². The number of nitrogens with zero attached hydrogens (tertiary/aromatic N) is 3. The summed E-state index contributed by atoms with van der Waals surface area (Å²) in [5, 5.41) is 9.28. The Morgan fingerprint density at radius 2 is 1.94 bits per heavy atom. The topological polar surface area (TPSA) is 104 Å². The molecule has 0 unspecified atom stereocenters. The van der Waals surface area contributed by atoms with Crippen LogP contribution in [0.4, 0.5) is 0 Å². The van der Waals surface area contributed by atoms with Crippen molar-refractivity contribution in [2.24, 2.45) is 0 Å². The molecular formula is C23H21N3O5. The second kappa shape index (κ2) is 11.6. The predicted octanol–water partition coefficient (Wildman–Crippen LogP) is 4.35. The van der Waals surface area contributed by atoms with Crippen LogP contribution in [0.15, 0.2) is 79.1 Å². The molecule has 0 radical (unpaired) electrons. The molecule has 31 heavy (non-hydrogen) atoms. The first kappa shape index (κ1) is 22.9. The Kier molecular flexibility index (Phi) is 8.56. The van der Waals surface area contributed by atoms with Crippen LogP contribution < -0.4 is 9.47 Å². The number of carbonyl (C=O) groups is 1. The summed E-state index contributed by atoms with van der Waals surface area (Å²) in [6, 6.07) is 10.3. The van der Waals surface area contributed by atoms with Crippen molar-refractivity contribution in [1.29, 1.82) is 5.26 Å². The van der Waals surface area contributed by atoms with Gasteiger partial charge in [-0.15, -0.1) is 0 Å². The van der Waals surface area contributed by atoms with Crippen LogP contribution in [-0.2, 0) is 14.3 Å². The van der Waals surface area contributed by atoms with E-state index in [4.69, 9.17) is 18.9 Å². The third kappa shape index (κ3) is 6.05. The third-order valence-corrected chi connectivity index (χ3v) is 3.77. The van der Waals surface area contributed by atoms with Gasteiger partial charge in [0.05, 0.1) is 32.1 Å². The molecule has 1 aromatic carbocycles. The van der Waals surface area contributed by atoms with Crippen LogP contribution in [0, 0.1) is 11.3 Å². The van der Waals surface area contributed by atoms with Crippen LogP contribution in [-0.4, -0.2) is 30.2 Å². The van der Waals surface area contributed by atoms with E-state index in [0.29, 0.717) is 11.3 Å². The van der Waals surface area contributed by atoms with E-state index in [0.717, 1.165) is 0 Å².